The van der Waals surface area contributed by atoms with Crippen molar-refractivity contribution < 1.29 is 0 Å². The van der Waals surface area contributed by atoms with Crippen LogP contribution in [0.4, 0.5) is 5.82 Å². The normalized spacial score (nSPS) is 11.2. The van der Waals surface area contributed by atoms with Crippen LogP contribution in [-0.4, -0.2) is 34.5 Å². The van der Waals surface area contributed by atoms with Crippen LogP contribution in [0.5, 0.6) is 0 Å². The van der Waals surface area contributed by atoms with Crippen LogP contribution in [0.1, 0.15) is 17.0 Å². The number of anilines is 1. The number of fused-ring (bicyclic) bond motifs is 1. The SMILES string of the molecule is Cc1nc(N(Cc2ccccc2)Cc2ccccc2)c2nc(-n3nccn3)n(C)c2n1. The number of benzene rings is 2. The molecule has 3 aromatic heterocycles. The summed E-state index contributed by atoms with van der Waals surface area (Å²) in [6.07, 6.45) is 3.27. The molecule has 0 N–H and O–H groups in total. The summed E-state index contributed by atoms with van der Waals surface area (Å²) in [4.78, 5) is 18.1. The molecule has 0 radical (unpaired) electrons. The fourth-order valence-corrected chi connectivity index (χ4v) is 3.67. The van der Waals surface area contributed by atoms with Crippen LogP contribution in [0.2, 0.25) is 0 Å². The minimum absolute atomic E-state index is 0.598. The van der Waals surface area contributed by atoms with Crippen LogP contribution in [0.15, 0.2) is 73.1 Å². The summed E-state index contributed by atoms with van der Waals surface area (Å²) in [5.41, 5.74) is 3.88. The van der Waals surface area contributed by atoms with E-state index in [2.05, 4.69) is 68.6 Å². The van der Waals surface area contributed by atoms with Crippen LogP contribution in [-0.2, 0) is 20.1 Å². The predicted molar refractivity (Wildman–Crippen MR) is 119 cm³/mol. The van der Waals surface area contributed by atoms with Gasteiger partial charge in [-0.2, -0.15) is 10.2 Å². The molecule has 31 heavy (non-hydrogen) atoms. The van der Waals surface area contributed by atoms with Crippen LogP contribution >= 0.6 is 0 Å². The summed E-state index contributed by atoms with van der Waals surface area (Å²) < 4.78 is 1.90. The molecule has 0 saturated heterocycles. The summed E-state index contributed by atoms with van der Waals surface area (Å²) in [6, 6.07) is 20.8. The van der Waals surface area contributed by atoms with Crippen molar-refractivity contribution in [3.05, 3.63) is 90.0 Å². The highest BCUT2D eigenvalue weighted by molar-refractivity contribution is 5.85. The summed E-state index contributed by atoms with van der Waals surface area (Å²) in [7, 11) is 1.92. The lowest BCUT2D eigenvalue weighted by atomic mass is 10.1. The molecule has 0 bridgehead atoms. The Hall–Kier alpha value is -4.07. The van der Waals surface area contributed by atoms with E-state index < -0.39 is 0 Å². The largest absolute Gasteiger partial charge is 0.346 e. The fourth-order valence-electron chi connectivity index (χ4n) is 3.67. The molecule has 0 aliphatic heterocycles. The summed E-state index contributed by atoms with van der Waals surface area (Å²) >= 11 is 0. The minimum atomic E-state index is 0.598. The van der Waals surface area contributed by atoms with E-state index in [1.807, 2.05) is 30.7 Å². The molecule has 0 aliphatic rings. The highest BCUT2D eigenvalue weighted by Crippen LogP contribution is 2.27. The van der Waals surface area contributed by atoms with Crippen LogP contribution < -0.4 is 4.90 Å². The number of aryl methyl sites for hydroxylation is 2. The lowest BCUT2D eigenvalue weighted by Gasteiger charge is -2.24. The first-order valence-electron chi connectivity index (χ1n) is 10.1. The van der Waals surface area contributed by atoms with Gasteiger partial charge in [0.1, 0.15) is 5.82 Å². The third kappa shape index (κ3) is 3.75. The number of hydrogen-bond donors (Lipinski definition) is 0. The molecule has 8 heteroatoms. The van der Waals surface area contributed by atoms with E-state index in [0.717, 1.165) is 17.0 Å². The molecule has 0 aliphatic carbocycles. The molecular formula is C23H22N8. The first-order chi connectivity index (χ1) is 15.2. The molecule has 8 nitrogen and oxygen atoms in total. The van der Waals surface area contributed by atoms with E-state index in [-0.39, 0.29) is 0 Å². The second-order valence-electron chi connectivity index (χ2n) is 7.38. The third-order valence-electron chi connectivity index (χ3n) is 5.12. The minimum Gasteiger partial charge on any atom is -0.346 e. The maximum atomic E-state index is 4.83. The van der Waals surface area contributed by atoms with Gasteiger partial charge in [0.05, 0.1) is 12.4 Å². The zero-order chi connectivity index (χ0) is 21.2. The van der Waals surface area contributed by atoms with Crippen molar-refractivity contribution in [3.8, 4) is 5.95 Å². The Bertz CT molecular complexity index is 1250. The monoisotopic (exact) mass is 410 g/mol. The van der Waals surface area contributed by atoms with Gasteiger partial charge < -0.3 is 4.90 Å². The quantitative estimate of drug-likeness (QED) is 0.427. The lowest BCUT2D eigenvalue weighted by molar-refractivity contribution is 0.674. The smallest absolute Gasteiger partial charge is 0.251 e. The second-order valence-corrected chi connectivity index (χ2v) is 7.38. The van der Waals surface area contributed by atoms with Crippen molar-refractivity contribution in [2.24, 2.45) is 7.05 Å². The average Bonchev–Trinajstić information content (AvgIpc) is 3.43. The molecule has 0 amide bonds. The highest BCUT2D eigenvalue weighted by atomic mass is 15.5. The molecule has 5 rings (SSSR count). The van der Waals surface area contributed by atoms with E-state index in [4.69, 9.17) is 9.97 Å². The van der Waals surface area contributed by atoms with Crippen LogP contribution in [0.3, 0.4) is 0 Å². The average molecular weight is 410 g/mol. The molecular weight excluding hydrogens is 388 g/mol. The topological polar surface area (TPSA) is 77.5 Å². The van der Waals surface area contributed by atoms with E-state index >= 15 is 0 Å². The predicted octanol–water partition coefficient (Wildman–Crippen LogP) is 3.46. The molecule has 0 atom stereocenters. The van der Waals surface area contributed by atoms with Gasteiger partial charge in [-0.1, -0.05) is 60.7 Å². The number of rotatable bonds is 6. The lowest BCUT2D eigenvalue weighted by Crippen LogP contribution is -2.24. The molecule has 0 spiro atoms. The summed E-state index contributed by atoms with van der Waals surface area (Å²) in [5.74, 6) is 2.08. The van der Waals surface area contributed by atoms with Gasteiger partial charge in [0, 0.05) is 20.1 Å². The standard InChI is InChI=1S/C23H22N8/c1-17-26-21-20(28-23(29(21)2)31-24-13-14-25-31)22(27-17)30(15-18-9-5-3-6-10-18)16-19-11-7-4-8-12-19/h3-14H,15-16H2,1-2H3. The summed E-state index contributed by atoms with van der Waals surface area (Å²) in [5, 5.41) is 8.47. The fraction of sp³-hybridized carbons (Fsp3) is 0.174. The Balaban J connectivity index is 1.65. The van der Waals surface area contributed by atoms with Crippen molar-refractivity contribution in [2.75, 3.05) is 4.90 Å². The van der Waals surface area contributed by atoms with Gasteiger partial charge in [0.2, 0.25) is 0 Å². The third-order valence-corrected chi connectivity index (χ3v) is 5.12. The second kappa shape index (κ2) is 7.98. The van der Waals surface area contributed by atoms with Gasteiger partial charge >= 0.3 is 0 Å². The number of imidazole rings is 1. The molecule has 0 saturated carbocycles. The Kier molecular flexibility index (Phi) is 4.87. The Morgan fingerprint density at radius 3 is 1.94 bits per heavy atom. The molecule has 154 valence electrons. The van der Waals surface area contributed by atoms with Crippen molar-refractivity contribution in [1.82, 2.24) is 34.5 Å². The maximum absolute atomic E-state index is 4.83. The molecule has 2 aromatic carbocycles. The van der Waals surface area contributed by atoms with Gasteiger partial charge in [-0.3, -0.25) is 4.57 Å². The molecule has 3 heterocycles. The molecule has 0 fully saturated rings. The Morgan fingerprint density at radius 2 is 1.35 bits per heavy atom. The van der Waals surface area contributed by atoms with Crippen molar-refractivity contribution in [3.63, 3.8) is 0 Å². The van der Waals surface area contributed by atoms with Crippen molar-refractivity contribution in [2.45, 2.75) is 20.0 Å². The van der Waals surface area contributed by atoms with Crippen molar-refractivity contribution in [1.29, 1.82) is 0 Å². The van der Waals surface area contributed by atoms with Crippen molar-refractivity contribution >= 4 is 17.0 Å². The van der Waals surface area contributed by atoms with Gasteiger partial charge in [0.15, 0.2) is 17.0 Å². The zero-order valence-corrected chi connectivity index (χ0v) is 17.4. The molecule has 0 unspecified atom stereocenters. The Morgan fingerprint density at radius 1 is 0.774 bits per heavy atom. The number of nitrogens with zero attached hydrogens (tertiary/aromatic N) is 8. The van der Waals surface area contributed by atoms with Gasteiger partial charge in [-0.15, -0.1) is 4.80 Å². The van der Waals surface area contributed by atoms with E-state index in [0.29, 0.717) is 24.9 Å². The maximum Gasteiger partial charge on any atom is 0.251 e. The first-order valence-corrected chi connectivity index (χ1v) is 10.1. The van der Waals surface area contributed by atoms with Gasteiger partial charge in [-0.05, 0) is 18.1 Å². The molecule has 5 aromatic rings. The van der Waals surface area contributed by atoms with Gasteiger partial charge in [0.25, 0.3) is 5.95 Å². The number of hydrogen-bond acceptors (Lipinski definition) is 6. The van der Waals surface area contributed by atoms with E-state index in [9.17, 15) is 0 Å². The summed E-state index contributed by atoms with van der Waals surface area (Å²) in [6.45, 7) is 3.31. The van der Waals surface area contributed by atoms with Crippen LogP contribution in [0.25, 0.3) is 17.1 Å². The van der Waals surface area contributed by atoms with E-state index in [1.165, 1.54) is 15.9 Å². The number of aromatic nitrogens is 7. The van der Waals surface area contributed by atoms with E-state index in [1.54, 1.807) is 12.4 Å². The Labute approximate surface area is 179 Å². The van der Waals surface area contributed by atoms with Crippen LogP contribution in [0, 0.1) is 6.92 Å². The first kappa shape index (κ1) is 18.9. The van der Waals surface area contributed by atoms with Gasteiger partial charge in [-0.25, -0.2) is 15.0 Å². The highest BCUT2D eigenvalue weighted by Gasteiger charge is 2.21. The zero-order valence-electron chi connectivity index (χ0n) is 17.4.